The Kier molecular flexibility index (Phi) is 5.53. The molecule has 0 unspecified atom stereocenters. The standard InChI is InChI=1S/C20H22Cl2N4S/c1-12-11-24-20(23)18-19(12)26(17(25-18)9-13-3-4-13)7-2-8-27-16-6-5-14(21)10-15(16)22/h5-6,10-11,13H,2-4,7-9H2,1H3,(H2,23,24). The molecule has 0 radical (unpaired) electrons. The number of aryl methyl sites for hydroxylation is 2. The van der Waals surface area contributed by atoms with Crippen LogP contribution >= 0.6 is 35.0 Å². The highest BCUT2D eigenvalue weighted by Crippen LogP contribution is 2.35. The maximum atomic E-state index is 6.27. The molecular weight excluding hydrogens is 399 g/mol. The van der Waals surface area contributed by atoms with Crippen LogP contribution in [0.2, 0.25) is 10.0 Å². The zero-order valence-corrected chi connectivity index (χ0v) is 17.5. The number of fused-ring (bicyclic) bond motifs is 1. The first-order chi connectivity index (χ1) is 13.0. The lowest BCUT2D eigenvalue weighted by atomic mass is 10.2. The molecule has 1 aliphatic carbocycles. The van der Waals surface area contributed by atoms with Crippen LogP contribution in [0, 0.1) is 12.8 Å². The molecule has 1 fully saturated rings. The van der Waals surface area contributed by atoms with Gasteiger partial charge in [0.1, 0.15) is 11.3 Å². The number of halogens is 2. The van der Waals surface area contributed by atoms with Gasteiger partial charge in [0.05, 0.1) is 10.5 Å². The van der Waals surface area contributed by atoms with Crippen molar-refractivity contribution in [1.29, 1.82) is 0 Å². The molecule has 3 aromatic rings. The van der Waals surface area contributed by atoms with E-state index in [1.54, 1.807) is 17.8 Å². The zero-order chi connectivity index (χ0) is 19.0. The lowest BCUT2D eigenvalue weighted by molar-refractivity contribution is 0.634. The molecule has 27 heavy (non-hydrogen) atoms. The third-order valence-electron chi connectivity index (χ3n) is 4.91. The van der Waals surface area contributed by atoms with Gasteiger partial charge in [-0.15, -0.1) is 11.8 Å². The quantitative estimate of drug-likeness (QED) is 0.389. The SMILES string of the molecule is Cc1cnc(N)c2nc(CC3CC3)n(CCCSc3ccc(Cl)cc3Cl)c12. The fraction of sp³-hybridized carbons (Fsp3) is 0.400. The van der Waals surface area contributed by atoms with Crippen molar-refractivity contribution in [2.45, 2.75) is 44.0 Å². The average Bonchev–Trinajstić information content (AvgIpc) is 3.37. The number of benzene rings is 1. The number of nitrogen functional groups attached to an aromatic ring is 1. The van der Waals surface area contributed by atoms with Crippen LogP contribution in [0.5, 0.6) is 0 Å². The van der Waals surface area contributed by atoms with E-state index in [0.29, 0.717) is 15.9 Å². The summed E-state index contributed by atoms with van der Waals surface area (Å²) < 4.78 is 2.35. The molecule has 0 aliphatic heterocycles. The van der Waals surface area contributed by atoms with Gasteiger partial charge in [-0.2, -0.15) is 0 Å². The van der Waals surface area contributed by atoms with E-state index in [-0.39, 0.29) is 0 Å². The maximum Gasteiger partial charge on any atom is 0.151 e. The molecule has 1 aromatic carbocycles. The second-order valence-corrected chi connectivity index (χ2v) is 9.11. The predicted octanol–water partition coefficient (Wildman–Crippen LogP) is 5.76. The molecule has 4 rings (SSSR count). The molecule has 0 bridgehead atoms. The number of pyridine rings is 1. The van der Waals surface area contributed by atoms with Gasteiger partial charge in [0.2, 0.25) is 0 Å². The smallest absolute Gasteiger partial charge is 0.151 e. The third kappa shape index (κ3) is 4.20. The normalized spacial score (nSPS) is 14.2. The van der Waals surface area contributed by atoms with E-state index in [9.17, 15) is 0 Å². The third-order valence-corrected chi connectivity index (χ3v) is 6.73. The summed E-state index contributed by atoms with van der Waals surface area (Å²) in [7, 11) is 0. The van der Waals surface area contributed by atoms with Crippen molar-refractivity contribution >= 4 is 51.8 Å². The van der Waals surface area contributed by atoms with E-state index >= 15 is 0 Å². The van der Waals surface area contributed by atoms with Crippen molar-refractivity contribution in [2.75, 3.05) is 11.5 Å². The van der Waals surface area contributed by atoms with Gasteiger partial charge < -0.3 is 10.3 Å². The van der Waals surface area contributed by atoms with Gasteiger partial charge >= 0.3 is 0 Å². The van der Waals surface area contributed by atoms with E-state index in [1.807, 2.05) is 18.3 Å². The molecule has 1 aliphatic rings. The number of nitrogens with zero attached hydrogens (tertiary/aromatic N) is 3. The Labute approximate surface area is 173 Å². The van der Waals surface area contributed by atoms with Crippen LogP contribution in [0.15, 0.2) is 29.3 Å². The van der Waals surface area contributed by atoms with Crippen molar-refractivity contribution in [3.05, 3.63) is 45.8 Å². The molecule has 2 N–H and O–H groups in total. The molecule has 4 nitrogen and oxygen atoms in total. The number of aromatic nitrogens is 3. The Morgan fingerprint density at radius 3 is 2.85 bits per heavy atom. The monoisotopic (exact) mass is 420 g/mol. The van der Waals surface area contributed by atoms with E-state index in [0.717, 1.165) is 58.4 Å². The first-order valence-electron chi connectivity index (χ1n) is 9.21. The van der Waals surface area contributed by atoms with Gasteiger partial charge in [-0.25, -0.2) is 9.97 Å². The minimum atomic E-state index is 0.522. The van der Waals surface area contributed by atoms with Crippen LogP contribution in [-0.2, 0) is 13.0 Å². The molecule has 1 saturated carbocycles. The fourth-order valence-corrected chi connectivity index (χ4v) is 4.77. The summed E-state index contributed by atoms with van der Waals surface area (Å²) in [5.74, 6) is 3.42. The predicted molar refractivity (Wildman–Crippen MR) is 115 cm³/mol. The minimum absolute atomic E-state index is 0.522. The molecule has 0 spiro atoms. The van der Waals surface area contributed by atoms with Crippen LogP contribution in [0.25, 0.3) is 11.0 Å². The van der Waals surface area contributed by atoms with E-state index in [1.165, 1.54) is 12.8 Å². The Morgan fingerprint density at radius 2 is 2.11 bits per heavy atom. The summed E-state index contributed by atoms with van der Waals surface area (Å²) in [6.07, 6.45) is 6.51. The second kappa shape index (κ2) is 7.90. The Bertz CT molecular complexity index is 982. The van der Waals surface area contributed by atoms with Gasteiger partial charge in [0.25, 0.3) is 0 Å². The average molecular weight is 421 g/mol. The zero-order valence-electron chi connectivity index (χ0n) is 15.2. The first-order valence-corrected chi connectivity index (χ1v) is 10.9. The highest BCUT2D eigenvalue weighted by molar-refractivity contribution is 7.99. The number of nitrogens with two attached hydrogens (primary N) is 1. The van der Waals surface area contributed by atoms with Crippen LogP contribution in [0.4, 0.5) is 5.82 Å². The van der Waals surface area contributed by atoms with E-state index in [2.05, 4.69) is 16.5 Å². The highest BCUT2D eigenvalue weighted by atomic mass is 35.5. The van der Waals surface area contributed by atoms with Gasteiger partial charge in [0.15, 0.2) is 5.82 Å². The molecule has 2 heterocycles. The number of thioether (sulfide) groups is 1. The van der Waals surface area contributed by atoms with Crippen molar-refractivity contribution in [3.8, 4) is 0 Å². The van der Waals surface area contributed by atoms with Crippen molar-refractivity contribution in [1.82, 2.24) is 14.5 Å². The number of rotatable bonds is 7. The van der Waals surface area contributed by atoms with Gasteiger partial charge in [-0.05, 0) is 61.6 Å². The summed E-state index contributed by atoms with van der Waals surface area (Å²) >= 11 is 14.0. The summed E-state index contributed by atoms with van der Waals surface area (Å²) in [6.45, 7) is 3.00. The number of anilines is 1. The lowest BCUT2D eigenvalue weighted by Crippen LogP contribution is -2.07. The Balaban J connectivity index is 1.51. The summed E-state index contributed by atoms with van der Waals surface area (Å²) in [5.41, 5.74) is 9.20. The minimum Gasteiger partial charge on any atom is -0.382 e. The highest BCUT2D eigenvalue weighted by Gasteiger charge is 2.25. The number of hydrogen-bond donors (Lipinski definition) is 1. The second-order valence-electron chi connectivity index (χ2n) is 7.13. The van der Waals surface area contributed by atoms with Crippen molar-refractivity contribution in [2.24, 2.45) is 5.92 Å². The first kappa shape index (κ1) is 18.9. The van der Waals surface area contributed by atoms with E-state index < -0.39 is 0 Å². The van der Waals surface area contributed by atoms with Crippen LogP contribution in [0.1, 0.15) is 30.7 Å². The molecule has 0 saturated heterocycles. The van der Waals surface area contributed by atoms with Crippen LogP contribution in [0.3, 0.4) is 0 Å². The largest absolute Gasteiger partial charge is 0.382 e. The fourth-order valence-electron chi connectivity index (χ4n) is 3.34. The van der Waals surface area contributed by atoms with Gasteiger partial charge in [0, 0.05) is 29.1 Å². The Hall–Kier alpha value is -1.43. The Morgan fingerprint density at radius 1 is 1.30 bits per heavy atom. The summed E-state index contributed by atoms with van der Waals surface area (Å²) in [6, 6.07) is 5.66. The van der Waals surface area contributed by atoms with E-state index in [4.69, 9.17) is 33.9 Å². The molecule has 2 aromatic heterocycles. The maximum absolute atomic E-state index is 6.27. The van der Waals surface area contributed by atoms with Crippen molar-refractivity contribution < 1.29 is 0 Å². The molecular formula is C20H22Cl2N4S. The van der Waals surface area contributed by atoms with Crippen molar-refractivity contribution in [3.63, 3.8) is 0 Å². The summed E-state index contributed by atoms with van der Waals surface area (Å²) in [4.78, 5) is 10.2. The molecule has 0 amide bonds. The molecule has 7 heteroatoms. The van der Waals surface area contributed by atoms with Crippen LogP contribution < -0.4 is 5.73 Å². The number of imidazole rings is 1. The lowest BCUT2D eigenvalue weighted by Gasteiger charge is -2.11. The topological polar surface area (TPSA) is 56.7 Å². The molecule has 0 atom stereocenters. The van der Waals surface area contributed by atoms with Gasteiger partial charge in [-0.3, -0.25) is 0 Å². The summed E-state index contributed by atoms with van der Waals surface area (Å²) in [5, 5.41) is 1.38. The van der Waals surface area contributed by atoms with Crippen LogP contribution in [-0.4, -0.2) is 20.3 Å². The van der Waals surface area contributed by atoms with Gasteiger partial charge in [-0.1, -0.05) is 23.2 Å². The number of hydrogen-bond acceptors (Lipinski definition) is 4. The molecule has 142 valence electrons.